The number of fused-ring (bicyclic) bond motifs is 2. The summed E-state index contributed by atoms with van der Waals surface area (Å²) in [5.41, 5.74) is 1.71. The zero-order valence-electron chi connectivity index (χ0n) is 15.4. The van der Waals surface area contributed by atoms with E-state index in [1.807, 2.05) is 24.3 Å². The Morgan fingerprint density at radius 3 is 2.60 bits per heavy atom. The van der Waals surface area contributed by atoms with Gasteiger partial charge in [0.05, 0.1) is 0 Å². The van der Waals surface area contributed by atoms with E-state index in [0.717, 1.165) is 24.2 Å². The fourth-order valence-electron chi connectivity index (χ4n) is 3.60. The van der Waals surface area contributed by atoms with Crippen LogP contribution in [-0.4, -0.2) is 56.6 Å². The van der Waals surface area contributed by atoms with Crippen LogP contribution in [0.4, 0.5) is 5.69 Å². The van der Waals surface area contributed by atoms with Crippen molar-refractivity contribution in [3.05, 3.63) is 40.5 Å². The van der Waals surface area contributed by atoms with E-state index in [9.17, 15) is 10.2 Å². The second-order valence-corrected chi connectivity index (χ2v) is 9.61. The zero-order chi connectivity index (χ0) is 18.1. The maximum atomic E-state index is 9.61. The van der Waals surface area contributed by atoms with Gasteiger partial charge in [-0.05, 0) is 18.1 Å². The summed E-state index contributed by atoms with van der Waals surface area (Å²) in [6.07, 6.45) is 9.85. The first-order valence-corrected chi connectivity index (χ1v) is 15.0. The van der Waals surface area contributed by atoms with Gasteiger partial charge in [0.2, 0.25) is 0 Å². The number of benzene rings is 1. The molecule has 2 aliphatic heterocycles. The molecule has 0 spiro atoms. The van der Waals surface area contributed by atoms with E-state index in [-0.39, 0.29) is 33.0 Å². The molecule has 1 saturated carbocycles. The minimum atomic E-state index is -0.117. The van der Waals surface area contributed by atoms with Gasteiger partial charge in [-0.3, -0.25) is 0 Å². The fourth-order valence-corrected chi connectivity index (χ4v) is 3.60. The molecule has 136 valence electrons. The fraction of sp³-hybridized carbons (Fsp3) is 0.600. The van der Waals surface area contributed by atoms with Gasteiger partial charge in [0, 0.05) is 6.10 Å². The van der Waals surface area contributed by atoms with Crippen LogP contribution in [0, 0.1) is 5.92 Å². The van der Waals surface area contributed by atoms with Crippen molar-refractivity contribution in [2.24, 2.45) is 5.92 Å². The number of aliphatic hydroxyl groups excluding tert-OH is 1. The average molecular weight is 449 g/mol. The number of rotatable bonds is 0. The van der Waals surface area contributed by atoms with Gasteiger partial charge in [-0.2, -0.15) is 0 Å². The van der Waals surface area contributed by atoms with Crippen LogP contribution >= 0.6 is 0 Å². The SMILES string of the molecule is OC1CCCC2CCC[N-]C12.Oc1cccc2c1[N-]CC=C2.[CH3][Sn+2][CH3]. The van der Waals surface area contributed by atoms with Gasteiger partial charge in [0.1, 0.15) is 5.75 Å². The normalized spacial score (nSPS) is 26.3. The first kappa shape index (κ1) is 20.6. The second kappa shape index (κ2) is 11.1. The molecule has 1 saturated heterocycles. The van der Waals surface area contributed by atoms with Gasteiger partial charge in [0.15, 0.2) is 0 Å². The Hall–Kier alpha value is -0.721. The Morgan fingerprint density at radius 2 is 1.88 bits per heavy atom. The summed E-state index contributed by atoms with van der Waals surface area (Å²) in [6.45, 7) is 1.66. The van der Waals surface area contributed by atoms with E-state index < -0.39 is 0 Å². The molecule has 4 rings (SSSR count). The number of nitrogens with zero attached hydrogens (tertiary/aromatic N) is 2. The van der Waals surface area contributed by atoms with E-state index in [1.54, 1.807) is 6.07 Å². The summed E-state index contributed by atoms with van der Waals surface area (Å²) in [5, 5.41) is 27.6. The Morgan fingerprint density at radius 1 is 1.12 bits per heavy atom. The van der Waals surface area contributed by atoms with E-state index in [4.69, 9.17) is 0 Å². The first-order chi connectivity index (χ1) is 12.2. The van der Waals surface area contributed by atoms with Crippen LogP contribution < -0.4 is 0 Å². The molecule has 0 radical (unpaired) electrons. The van der Waals surface area contributed by atoms with Gasteiger partial charge in [0.25, 0.3) is 0 Å². The molecule has 4 nitrogen and oxygen atoms in total. The molecule has 2 N–H and O–H groups in total. The number of aliphatic hydroxyl groups is 1. The Labute approximate surface area is 162 Å². The van der Waals surface area contributed by atoms with Crippen LogP contribution in [0.25, 0.3) is 16.7 Å². The van der Waals surface area contributed by atoms with Gasteiger partial charge < -0.3 is 20.8 Å². The molecule has 0 amide bonds. The van der Waals surface area contributed by atoms with Crippen LogP contribution in [0.1, 0.15) is 37.7 Å². The van der Waals surface area contributed by atoms with Crippen molar-refractivity contribution in [2.45, 2.75) is 54.1 Å². The first-order valence-electron chi connectivity index (χ1n) is 9.26. The predicted molar refractivity (Wildman–Crippen MR) is 107 cm³/mol. The number of phenols is 1. The van der Waals surface area contributed by atoms with Crippen LogP contribution in [-0.2, 0) is 0 Å². The summed E-state index contributed by atoms with van der Waals surface area (Å²) in [7, 11) is 0. The molecule has 3 unspecified atom stereocenters. The van der Waals surface area contributed by atoms with Gasteiger partial charge >= 0.3 is 31.0 Å². The summed E-state index contributed by atoms with van der Waals surface area (Å²) < 4.78 is 0. The molecule has 1 aliphatic carbocycles. The van der Waals surface area contributed by atoms with Crippen molar-refractivity contribution in [1.29, 1.82) is 0 Å². The summed E-state index contributed by atoms with van der Waals surface area (Å²) in [5.74, 6) is 0.986. The molecule has 0 aromatic heterocycles. The molecule has 1 aromatic carbocycles. The van der Waals surface area contributed by atoms with Crippen LogP contribution in [0.2, 0.25) is 9.88 Å². The average Bonchev–Trinajstić information content (AvgIpc) is 2.64. The quantitative estimate of drug-likeness (QED) is 0.554. The number of hydrogen-bond donors (Lipinski definition) is 2. The molecular formula is C20H30N2O2Sn. The molecule has 2 fully saturated rings. The van der Waals surface area contributed by atoms with Gasteiger partial charge in [-0.15, -0.1) is 25.2 Å². The Kier molecular flexibility index (Phi) is 9.13. The number of hydrogen-bond acceptors (Lipinski definition) is 2. The zero-order valence-corrected chi connectivity index (χ0v) is 18.2. The Bertz CT molecular complexity index is 548. The minimum absolute atomic E-state index is 0.117. The van der Waals surface area contributed by atoms with E-state index in [2.05, 4.69) is 20.5 Å². The van der Waals surface area contributed by atoms with Gasteiger partial charge in [-0.1, -0.05) is 55.5 Å². The standard InChI is InChI=1S/C9H16NO.C9H8NO.2CH3.Sn/c2*11-8-5-1-3-7-4-2-6-10-9(7)8;;;/h7-9,11H,1-6H2;1-5,11H,6H2;2*1H3;/q2*-1;;;+2. The van der Waals surface area contributed by atoms with Gasteiger partial charge in [-0.25, -0.2) is 0 Å². The van der Waals surface area contributed by atoms with Crippen LogP contribution in [0.15, 0.2) is 24.3 Å². The molecular weight excluding hydrogens is 419 g/mol. The molecule has 0 bridgehead atoms. The Balaban J connectivity index is 0.000000156. The van der Waals surface area contributed by atoms with Crippen molar-refractivity contribution in [3.8, 4) is 5.75 Å². The van der Waals surface area contributed by atoms with Crippen molar-refractivity contribution >= 4 is 32.9 Å². The molecule has 3 aliphatic rings. The second-order valence-electron chi connectivity index (χ2n) is 6.76. The monoisotopic (exact) mass is 450 g/mol. The van der Waals surface area contributed by atoms with E-state index >= 15 is 0 Å². The number of piperidine rings is 1. The predicted octanol–water partition coefficient (Wildman–Crippen LogP) is 4.89. The van der Waals surface area contributed by atoms with Crippen molar-refractivity contribution in [2.75, 3.05) is 13.1 Å². The number of phenolic OH excluding ortho intramolecular Hbond substituents is 1. The summed E-state index contributed by atoms with van der Waals surface area (Å²) in [4.78, 5) is 4.59. The summed E-state index contributed by atoms with van der Waals surface area (Å²) >= 11 is 0.230. The third kappa shape index (κ3) is 6.19. The number of aromatic hydroxyl groups is 1. The van der Waals surface area contributed by atoms with Crippen LogP contribution in [0.3, 0.4) is 0 Å². The molecule has 1 aromatic rings. The van der Waals surface area contributed by atoms with Crippen molar-refractivity contribution in [3.63, 3.8) is 0 Å². The van der Waals surface area contributed by atoms with Crippen LogP contribution in [0.5, 0.6) is 5.75 Å². The van der Waals surface area contributed by atoms with E-state index in [0.29, 0.717) is 18.5 Å². The number of para-hydroxylation sites is 1. The topological polar surface area (TPSA) is 68.7 Å². The molecule has 25 heavy (non-hydrogen) atoms. The third-order valence-corrected chi connectivity index (χ3v) is 4.72. The van der Waals surface area contributed by atoms with E-state index in [1.165, 1.54) is 25.7 Å². The molecule has 3 atom stereocenters. The van der Waals surface area contributed by atoms with Crippen molar-refractivity contribution in [1.82, 2.24) is 0 Å². The third-order valence-electron chi connectivity index (χ3n) is 4.72. The molecule has 5 heteroatoms. The summed E-state index contributed by atoms with van der Waals surface area (Å²) in [6, 6.07) is 5.72. The molecule has 2 heterocycles. The maximum absolute atomic E-state index is 9.61. The van der Waals surface area contributed by atoms with Crippen molar-refractivity contribution < 1.29 is 10.2 Å².